The van der Waals surface area contributed by atoms with E-state index in [-0.39, 0.29) is 6.10 Å². The van der Waals surface area contributed by atoms with Crippen LogP contribution < -0.4 is 4.72 Å². The van der Waals surface area contributed by atoms with Gasteiger partial charge in [0.15, 0.2) is 0 Å². The summed E-state index contributed by atoms with van der Waals surface area (Å²) in [7, 11) is -3.16. The standard InChI is InChI=1S/C14H22N2O3S/c1-20(17,18)15-10-14-12-16(8-5-9-19-14)11-13-6-3-2-4-7-13/h2-4,6-7,14-15H,5,8-12H2,1H3/t14-/m0/s1. The van der Waals surface area contributed by atoms with E-state index in [0.29, 0.717) is 13.2 Å². The molecular formula is C14H22N2O3S. The van der Waals surface area contributed by atoms with Crippen molar-refractivity contribution in [1.29, 1.82) is 0 Å². The molecule has 0 spiro atoms. The maximum absolute atomic E-state index is 11.2. The highest BCUT2D eigenvalue weighted by Crippen LogP contribution is 2.10. The summed E-state index contributed by atoms with van der Waals surface area (Å²) in [5.74, 6) is 0. The Labute approximate surface area is 121 Å². The second kappa shape index (κ2) is 7.17. The number of ether oxygens (including phenoxy) is 1. The van der Waals surface area contributed by atoms with E-state index in [1.165, 1.54) is 11.8 Å². The van der Waals surface area contributed by atoms with Crippen molar-refractivity contribution >= 4 is 10.0 Å². The quantitative estimate of drug-likeness (QED) is 0.874. The third kappa shape index (κ3) is 5.58. The first-order valence-electron chi connectivity index (χ1n) is 6.85. The van der Waals surface area contributed by atoms with Crippen LogP contribution in [0, 0.1) is 0 Å². The Morgan fingerprint density at radius 3 is 2.80 bits per heavy atom. The van der Waals surface area contributed by atoms with Gasteiger partial charge in [-0.05, 0) is 12.0 Å². The molecule has 20 heavy (non-hydrogen) atoms. The van der Waals surface area contributed by atoms with Gasteiger partial charge in [0.05, 0.1) is 12.4 Å². The monoisotopic (exact) mass is 298 g/mol. The fraction of sp³-hybridized carbons (Fsp3) is 0.571. The minimum absolute atomic E-state index is 0.0871. The molecule has 0 saturated carbocycles. The molecule has 2 rings (SSSR count). The summed E-state index contributed by atoms with van der Waals surface area (Å²) < 4.78 is 30.5. The molecule has 112 valence electrons. The lowest BCUT2D eigenvalue weighted by Crippen LogP contribution is -2.39. The van der Waals surface area contributed by atoms with E-state index in [4.69, 9.17) is 4.74 Å². The van der Waals surface area contributed by atoms with Crippen LogP contribution in [0.5, 0.6) is 0 Å². The van der Waals surface area contributed by atoms with Gasteiger partial charge in [-0.15, -0.1) is 0 Å². The number of sulfonamides is 1. The van der Waals surface area contributed by atoms with Crippen LogP contribution in [0.1, 0.15) is 12.0 Å². The third-order valence-electron chi connectivity index (χ3n) is 3.26. The van der Waals surface area contributed by atoms with Gasteiger partial charge in [-0.3, -0.25) is 4.90 Å². The molecule has 5 nitrogen and oxygen atoms in total. The first-order chi connectivity index (χ1) is 9.53. The van der Waals surface area contributed by atoms with Crippen LogP contribution in [0.4, 0.5) is 0 Å². The third-order valence-corrected chi connectivity index (χ3v) is 3.95. The van der Waals surface area contributed by atoms with Crippen molar-refractivity contribution in [3.05, 3.63) is 35.9 Å². The molecule has 0 radical (unpaired) electrons. The predicted molar refractivity (Wildman–Crippen MR) is 78.9 cm³/mol. The van der Waals surface area contributed by atoms with E-state index in [2.05, 4.69) is 21.8 Å². The van der Waals surface area contributed by atoms with E-state index < -0.39 is 10.0 Å². The largest absolute Gasteiger partial charge is 0.375 e. The molecule has 1 aliphatic heterocycles. The topological polar surface area (TPSA) is 58.6 Å². The van der Waals surface area contributed by atoms with E-state index in [1.807, 2.05) is 18.2 Å². The molecule has 6 heteroatoms. The van der Waals surface area contributed by atoms with Crippen LogP contribution in [0.25, 0.3) is 0 Å². The van der Waals surface area contributed by atoms with Crippen molar-refractivity contribution in [2.45, 2.75) is 19.1 Å². The van der Waals surface area contributed by atoms with E-state index >= 15 is 0 Å². The van der Waals surface area contributed by atoms with Gasteiger partial charge in [-0.25, -0.2) is 13.1 Å². The van der Waals surface area contributed by atoms with Crippen LogP contribution in [0.2, 0.25) is 0 Å². The van der Waals surface area contributed by atoms with Gasteiger partial charge in [0.1, 0.15) is 0 Å². The van der Waals surface area contributed by atoms with Gasteiger partial charge in [-0.1, -0.05) is 30.3 Å². The minimum Gasteiger partial charge on any atom is -0.375 e. The van der Waals surface area contributed by atoms with Crippen molar-refractivity contribution in [2.75, 3.05) is 32.5 Å². The van der Waals surface area contributed by atoms with E-state index in [0.717, 1.165) is 26.1 Å². The van der Waals surface area contributed by atoms with E-state index in [1.54, 1.807) is 0 Å². The van der Waals surface area contributed by atoms with Crippen molar-refractivity contribution in [2.24, 2.45) is 0 Å². The first kappa shape index (κ1) is 15.4. The highest BCUT2D eigenvalue weighted by Gasteiger charge is 2.19. The summed E-state index contributed by atoms with van der Waals surface area (Å²) in [5, 5.41) is 0. The Morgan fingerprint density at radius 1 is 1.35 bits per heavy atom. The SMILES string of the molecule is CS(=O)(=O)NC[C@H]1CN(Cc2ccccc2)CCCO1. The maximum atomic E-state index is 11.2. The van der Waals surface area contributed by atoms with Gasteiger partial charge in [-0.2, -0.15) is 0 Å². The predicted octanol–water partition coefficient (Wildman–Crippen LogP) is 0.827. The van der Waals surface area contributed by atoms with Crippen molar-refractivity contribution in [3.8, 4) is 0 Å². The number of hydrogen-bond acceptors (Lipinski definition) is 4. The molecule has 0 aromatic heterocycles. The molecule has 1 heterocycles. The summed E-state index contributed by atoms with van der Waals surface area (Å²) in [6.07, 6.45) is 2.06. The summed E-state index contributed by atoms with van der Waals surface area (Å²) in [5.41, 5.74) is 1.27. The molecule has 0 aliphatic carbocycles. The molecule has 0 bridgehead atoms. The Hall–Kier alpha value is -0.950. The normalized spacial score (nSPS) is 21.6. The summed E-state index contributed by atoms with van der Waals surface area (Å²) in [4.78, 5) is 2.32. The van der Waals surface area contributed by atoms with Gasteiger partial charge in [0.2, 0.25) is 10.0 Å². The van der Waals surface area contributed by atoms with Crippen LogP contribution in [0.3, 0.4) is 0 Å². The van der Waals surface area contributed by atoms with Gasteiger partial charge >= 0.3 is 0 Å². The summed E-state index contributed by atoms with van der Waals surface area (Å²) in [6.45, 7) is 3.62. The molecule has 0 unspecified atom stereocenters. The zero-order valence-corrected chi connectivity index (χ0v) is 12.6. The number of nitrogens with one attached hydrogen (secondary N) is 1. The molecule has 1 fully saturated rings. The highest BCUT2D eigenvalue weighted by molar-refractivity contribution is 7.88. The Bertz CT molecular complexity index is 504. The zero-order valence-electron chi connectivity index (χ0n) is 11.8. The van der Waals surface area contributed by atoms with Gasteiger partial charge < -0.3 is 4.74 Å². The number of nitrogens with zero attached hydrogens (tertiary/aromatic N) is 1. The summed E-state index contributed by atoms with van der Waals surface area (Å²) in [6, 6.07) is 10.3. The van der Waals surface area contributed by atoms with Crippen LogP contribution in [-0.4, -0.2) is 51.9 Å². The Balaban J connectivity index is 1.90. The van der Waals surface area contributed by atoms with Crippen molar-refractivity contribution < 1.29 is 13.2 Å². The first-order valence-corrected chi connectivity index (χ1v) is 8.74. The Morgan fingerprint density at radius 2 is 2.10 bits per heavy atom. The number of benzene rings is 1. The lowest BCUT2D eigenvalue weighted by atomic mass is 10.2. The van der Waals surface area contributed by atoms with Crippen molar-refractivity contribution in [3.63, 3.8) is 0 Å². The average molecular weight is 298 g/mol. The van der Waals surface area contributed by atoms with Crippen LogP contribution in [0.15, 0.2) is 30.3 Å². The molecule has 1 aromatic rings. The van der Waals surface area contributed by atoms with Gasteiger partial charge in [0.25, 0.3) is 0 Å². The smallest absolute Gasteiger partial charge is 0.208 e. The van der Waals surface area contributed by atoms with Gasteiger partial charge in [0, 0.05) is 32.8 Å². The Kier molecular flexibility index (Phi) is 5.54. The molecule has 0 amide bonds. The number of hydrogen-bond donors (Lipinski definition) is 1. The molecule has 1 N–H and O–H groups in total. The van der Waals surface area contributed by atoms with Crippen LogP contribution >= 0.6 is 0 Å². The fourth-order valence-corrected chi connectivity index (χ4v) is 2.81. The molecule has 1 aliphatic rings. The summed E-state index contributed by atoms with van der Waals surface area (Å²) >= 11 is 0. The number of rotatable bonds is 5. The zero-order chi connectivity index (χ0) is 14.4. The molecule has 1 aromatic carbocycles. The lowest BCUT2D eigenvalue weighted by molar-refractivity contribution is 0.0571. The maximum Gasteiger partial charge on any atom is 0.208 e. The average Bonchev–Trinajstić information content (AvgIpc) is 2.62. The van der Waals surface area contributed by atoms with E-state index in [9.17, 15) is 8.42 Å². The van der Waals surface area contributed by atoms with Crippen molar-refractivity contribution in [1.82, 2.24) is 9.62 Å². The second-order valence-electron chi connectivity index (χ2n) is 5.19. The second-order valence-corrected chi connectivity index (χ2v) is 7.02. The van der Waals surface area contributed by atoms with Crippen LogP contribution in [-0.2, 0) is 21.3 Å². The molecule has 1 atom stereocenters. The minimum atomic E-state index is -3.16. The lowest BCUT2D eigenvalue weighted by Gasteiger charge is -2.23. The highest BCUT2D eigenvalue weighted by atomic mass is 32.2. The molecular weight excluding hydrogens is 276 g/mol. The fourth-order valence-electron chi connectivity index (χ4n) is 2.32. The molecule has 1 saturated heterocycles.